The SMILES string of the molecule is CC(C)CSCCC(=O)Nc1ccc(Cl)cc1N. The van der Waals surface area contributed by atoms with Crippen molar-refractivity contribution in [2.45, 2.75) is 20.3 Å². The number of anilines is 2. The van der Waals surface area contributed by atoms with Crippen molar-refractivity contribution < 1.29 is 4.79 Å². The van der Waals surface area contributed by atoms with Crippen LogP contribution in [0.3, 0.4) is 0 Å². The summed E-state index contributed by atoms with van der Waals surface area (Å²) in [5.74, 6) is 2.55. The number of rotatable bonds is 6. The third kappa shape index (κ3) is 5.65. The van der Waals surface area contributed by atoms with Gasteiger partial charge in [-0.2, -0.15) is 11.8 Å². The minimum absolute atomic E-state index is 0.0136. The molecule has 0 bridgehead atoms. The van der Waals surface area contributed by atoms with Crippen molar-refractivity contribution in [1.82, 2.24) is 0 Å². The molecule has 0 aliphatic rings. The predicted molar refractivity (Wildman–Crippen MR) is 81.3 cm³/mol. The summed E-state index contributed by atoms with van der Waals surface area (Å²) in [7, 11) is 0. The number of halogens is 1. The highest BCUT2D eigenvalue weighted by molar-refractivity contribution is 7.99. The molecule has 18 heavy (non-hydrogen) atoms. The maximum Gasteiger partial charge on any atom is 0.225 e. The lowest BCUT2D eigenvalue weighted by Gasteiger charge is -2.08. The Morgan fingerprint density at radius 1 is 1.50 bits per heavy atom. The smallest absolute Gasteiger partial charge is 0.225 e. The van der Waals surface area contributed by atoms with E-state index >= 15 is 0 Å². The molecule has 3 nitrogen and oxygen atoms in total. The number of thioether (sulfide) groups is 1. The third-order valence-electron chi connectivity index (χ3n) is 2.21. The summed E-state index contributed by atoms with van der Waals surface area (Å²) in [6.07, 6.45) is 0.499. The monoisotopic (exact) mass is 286 g/mol. The van der Waals surface area contributed by atoms with E-state index in [1.165, 1.54) is 0 Å². The lowest BCUT2D eigenvalue weighted by molar-refractivity contribution is -0.115. The Morgan fingerprint density at radius 2 is 2.22 bits per heavy atom. The molecule has 0 aromatic heterocycles. The first kappa shape index (κ1) is 15.2. The zero-order valence-corrected chi connectivity index (χ0v) is 12.3. The number of nitrogens with two attached hydrogens (primary N) is 1. The molecule has 100 valence electrons. The number of benzene rings is 1. The fourth-order valence-electron chi connectivity index (χ4n) is 1.34. The van der Waals surface area contributed by atoms with Crippen LogP contribution in [0.5, 0.6) is 0 Å². The Morgan fingerprint density at radius 3 is 2.83 bits per heavy atom. The number of amides is 1. The molecule has 0 spiro atoms. The van der Waals surface area contributed by atoms with Crippen LogP contribution in [0.15, 0.2) is 18.2 Å². The van der Waals surface area contributed by atoms with Crippen LogP contribution in [0, 0.1) is 5.92 Å². The van der Waals surface area contributed by atoms with Crippen molar-refractivity contribution in [1.29, 1.82) is 0 Å². The second kappa shape index (κ2) is 7.54. The molecule has 1 aromatic carbocycles. The summed E-state index contributed by atoms with van der Waals surface area (Å²) in [4.78, 5) is 11.7. The lowest BCUT2D eigenvalue weighted by atomic mass is 10.2. The molecule has 0 heterocycles. The van der Waals surface area contributed by atoms with E-state index in [4.69, 9.17) is 17.3 Å². The van der Waals surface area contributed by atoms with Gasteiger partial charge in [0, 0.05) is 17.2 Å². The van der Waals surface area contributed by atoms with E-state index in [9.17, 15) is 4.79 Å². The Labute approximate surface area is 117 Å². The summed E-state index contributed by atoms with van der Waals surface area (Å²) in [5, 5.41) is 3.36. The summed E-state index contributed by atoms with van der Waals surface area (Å²) in [6.45, 7) is 4.34. The van der Waals surface area contributed by atoms with Gasteiger partial charge in [0.25, 0.3) is 0 Å². The first-order valence-corrected chi connectivity index (χ1v) is 7.45. The first-order chi connectivity index (χ1) is 8.49. The standard InChI is InChI=1S/C13H19ClN2OS/c1-9(2)8-18-6-5-13(17)16-12-4-3-10(14)7-11(12)15/h3-4,7,9H,5-6,8,15H2,1-2H3,(H,16,17). The van der Waals surface area contributed by atoms with Gasteiger partial charge in [0.05, 0.1) is 11.4 Å². The Hall–Kier alpha value is -0.870. The highest BCUT2D eigenvalue weighted by atomic mass is 35.5. The molecule has 5 heteroatoms. The Kier molecular flexibility index (Phi) is 6.36. The van der Waals surface area contributed by atoms with E-state index in [0.29, 0.717) is 28.7 Å². The van der Waals surface area contributed by atoms with Crippen LogP contribution in [0.2, 0.25) is 5.02 Å². The molecule has 0 saturated carbocycles. The first-order valence-electron chi connectivity index (χ1n) is 5.91. The van der Waals surface area contributed by atoms with Crippen LogP contribution in [0.1, 0.15) is 20.3 Å². The van der Waals surface area contributed by atoms with Crippen LogP contribution in [0.4, 0.5) is 11.4 Å². The fourth-order valence-corrected chi connectivity index (χ4v) is 2.49. The van der Waals surface area contributed by atoms with Gasteiger partial charge < -0.3 is 11.1 Å². The van der Waals surface area contributed by atoms with E-state index in [2.05, 4.69) is 19.2 Å². The molecule has 0 atom stereocenters. The van der Waals surface area contributed by atoms with Gasteiger partial charge in [-0.25, -0.2) is 0 Å². The maximum atomic E-state index is 11.7. The topological polar surface area (TPSA) is 55.1 Å². The van der Waals surface area contributed by atoms with Crippen LogP contribution in [-0.4, -0.2) is 17.4 Å². The van der Waals surface area contributed by atoms with E-state index in [0.717, 1.165) is 11.5 Å². The summed E-state index contributed by atoms with van der Waals surface area (Å²) < 4.78 is 0. The molecule has 0 unspecified atom stereocenters. The van der Waals surface area contributed by atoms with Gasteiger partial charge in [0.15, 0.2) is 0 Å². The molecular weight excluding hydrogens is 268 g/mol. The van der Waals surface area contributed by atoms with E-state index in [-0.39, 0.29) is 5.91 Å². The highest BCUT2D eigenvalue weighted by Gasteiger charge is 2.06. The quantitative estimate of drug-likeness (QED) is 0.620. The molecule has 3 N–H and O–H groups in total. The number of hydrogen-bond donors (Lipinski definition) is 2. The second-order valence-corrected chi connectivity index (χ2v) is 6.08. The molecule has 0 fully saturated rings. The van der Waals surface area contributed by atoms with Gasteiger partial charge in [0.1, 0.15) is 0 Å². The maximum absolute atomic E-state index is 11.7. The van der Waals surface area contributed by atoms with Gasteiger partial charge in [-0.3, -0.25) is 4.79 Å². The van der Waals surface area contributed by atoms with Gasteiger partial charge in [0.2, 0.25) is 5.91 Å². The molecule has 0 saturated heterocycles. The molecule has 1 aromatic rings. The molecule has 0 radical (unpaired) electrons. The summed E-state index contributed by atoms with van der Waals surface area (Å²) in [6, 6.07) is 5.06. The minimum Gasteiger partial charge on any atom is -0.397 e. The number of carbonyl (C=O) groups excluding carboxylic acids is 1. The number of hydrogen-bond acceptors (Lipinski definition) is 3. The van der Waals surface area contributed by atoms with Gasteiger partial charge in [-0.05, 0) is 29.9 Å². The number of nitrogen functional groups attached to an aromatic ring is 1. The van der Waals surface area contributed by atoms with E-state index in [1.807, 2.05) is 0 Å². The molecule has 0 aliphatic heterocycles. The average molecular weight is 287 g/mol. The minimum atomic E-state index is -0.0136. The average Bonchev–Trinajstić information content (AvgIpc) is 2.28. The second-order valence-electron chi connectivity index (χ2n) is 4.50. The fraction of sp³-hybridized carbons (Fsp3) is 0.462. The van der Waals surface area contributed by atoms with Crippen LogP contribution in [0.25, 0.3) is 0 Å². The number of carbonyl (C=O) groups is 1. The zero-order chi connectivity index (χ0) is 13.5. The predicted octanol–water partition coefficient (Wildman–Crippen LogP) is 3.64. The van der Waals surface area contributed by atoms with Gasteiger partial charge >= 0.3 is 0 Å². The van der Waals surface area contributed by atoms with Crippen molar-refractivity contribution in [3.05, 3.63) is 23.2 Å². The van der Waals surface area contributed by atoms with Gasteiger partial charge in [-0.1, -0.05) is 25.4 Å². The molecule has 1 amide bonds. The van der Waals surface area contributed by atoms with Crippen molar-refractivity contribution in [3.8, 4) is 0 Å². The van der Waals surface area contributed by atoms with Crippen molar-refractivity contribution in [3.63, 3.8) is 0 Å². The van der Waals surface area contributed by atoms with Crippen LogP contribution >= 0.6 is 23.4 Å². The van der Waals surface area contributed by atoms with Crippen LogP contribution < -0.4 is 11.1 Å². The van der Waals surface area contributed by atoms with Crippen molar-refractivity contribution in [2.24, 2.45) is 5.92 Å². The summed E-state index contributed by atoms with van der Waals surface area (Å²) >= 11 is 7.58. The van der Waals surface area contributed by atoms with E-state index in [1.54, 1.807) is 30.0 Å². The Bertz CT molecular complexity index is 410. The summed E-state index contributed by atoms with van der Waals surface area (Å²) in [5.41, 5.74) is 6.87. The molecular formula is C13H19ClN2OS. The highest BCUT2D eigenvalue weighted by Crippen LogP contribution is 2.22. The van der Waals surface area contributed by atoms with E-state index < -0.39 is 0 Å². The molecule has 1 rings (SSSR count). The lowest BCUT2D eigenvalue weighted by Crippen LogP contribution is -2.13. The van der Waals surface area contributed by atoms with Gasteiger partial charge in [-0.15, -0.1) is 0 Å². The van der Waals surface area contributed by atoms with Crippen LogP contribution in [-0.2, 0) is 4.79 Å². The molecule has 0 aliphatic carbocycles. The zero-order valence-electron chi connectivity index (χ0n) is 10.7. The number of nitrogens with one attached hydrogen (secondary N) is 1. The largest absolute Gasteiger partial charge is 0.397 e. The third-order valence-corrected chi connectivity index (χ3v) is 3.84. The normalized spacial score (nSPS) is 10.7. The van der Waals surface area contributed by atoms with Crippen molar-refractivity contribution >= 4 is 40.6 Å². The van der Waals surface area contributed by atoms with Crippen molar-refractivity contribution in [2.75, 3.05) is 22.6 Å². The Balaban J connectivity index is 2.35.